The van der Waals surface area contributed by atoms with Gasteiger partial charge in [0.25, 0.3) is 0 Å². The first-order valence-electron chi connectivity index (χ1n) is 26.4. The molecule has 372 valence electrons. The third-order valence-corrected chi connectivity index (χ3v) is 15.3. The van der Waals surface area contributed by atoms with Gasteiger partial charge < -0.3 is 9.80 Å². The highest BCUT2D eigenvalue weighted by Gasteiger charge is 2.40. The van der Waals surface area contributed by atoms with Crippen molar-refractivity contribution in [3.05, 3.63) is 296 Å². The van der Waals surface area contributed by atoms with Crippen molar-refractivity contribution in [3.63, 3.8) is 0 Å². The average molecular weight is 991 g/mol. The van der Waals surface area contributed by atoms with E-state index in [1.807, 2.05) is 24.3 Å². The molecule has 0 radical (unpaired) electrons. The molecular weight excluding hydrogens is 931 g/mol. The van der Waals surface area contributed by atoms with E-state index in [-0.39, 0.29) is 23.6 Å². The van der Waals surface area contributed by atoms with E-state index in [0.717, 1.165) is 73.0 Å². The fourth-order valence-electron chi connectivity index (χ4n) is 12.4. The van der Waals surface area contributed by atoms with Crippen molar-refractivity contribution in [3.8, 4) is 44.5 Å². The summed E-state index contributed by atoms with van der Waals surface area (Å²) in [6.45, 7) is 17.3. The van der Waals surface area contributed by atoms with Crippen molar-refractivity contribution in [2.45, 2.75) is 61.4 Å². The fraction of sp³-hybridized carbons (Fsp3) is 0.139. The zero-order valence-electron chi connectivity index (χ0n) is 44.4. The van der Waals surface area contributed by atoms with Gasteiger partial charge in [-0.25, -0.2) is 8.78 Å². The van der Waals surface area contributed by atoms with E-state index in [1.54, 1.807) is 24.3 Å². The summed E-state index contributed by atoms with van der Waals surface area (Å²) in [7, 11) is 0. The summed E-state index contributed by atoms with van der Waals surface area (Å²) < 4.78 is 30.1. The Hall–Kier alpha value is -8.60. The number of nitrogens with zero attached hydrogens (tertiary/aromatic N) is 2. The van der Waals surface area contributed by atoms with Gasteiger partial charge in [-0.2, -0.15) is 0 Å². The van der Waals surface area contributed by atoms with Gasteiger partial charge >= 0.3 is 0 Å². The highest BCUT2D eigenvalue weighted by atomic mass is 19.1. The Morgan fingerprint density at radius 1 is 0.382 bits per heavy atom. The van der Waals surface area contributed by atoms with Gasteiger partial charge in [0, 0.05) is 34.1 Å². The van der Waals surface area contributed by atoms with Crippen molar-refractivity contribution < 1.29 is 8.78 Å². The lowest BCUT2D eigenvalue weighted by molar-refractivity contribution is 0.627. The van der Waals surface area contributed by atoms with Crippen molar-refractivity contribution in [2.24, 2.45) is 5.92 Å². The Kier molecular flexibility index (Phi) is 12.3. The van der Waals surface area contributed by atoms with Crippen LogP contribution in [0.4, 0.5) is 31.5 Å². The van der Waals surface area contributed by atoms with E-state index < -0.39 is 0 Å². The van der Waals surface area contributed by atoms with Crippen LogP contribution < -0.4 is 9.80 Å². The maximum atomic E-state index is 15.0. The Morgan fingerprint density at radius 2 is 0.842 bits per heavy atom. The molecule has 0 aliphatic heterocycles. The van der Waals surface area contributed by atoms with Crippen molar-refractivity contribution in [1.29, 1.82) is 0 Å². The molecule has 0 saturated heterocycles. The summed E-state index contributed by atoms with van der Waals surface area (Å²) in [4.78, 5) is 4.74. The van der Waals surface area contributed by atoms with Crippen molar-refractivity contribution in [1.82, 2.24) is 0 Å². The van der Waals surface area contributed by atoms with Crippen LogP contribution in [-0.4, -0.2) is 6.04 Å². The maximum absolute atomic E-state index is 15.0. The van der Waals surface area contributed by atoms with E-state index in [2.05, 4.69) is 223 Å². The molecule has 12 rings (SSSR count). The predicted molar refractivity (Wildman–Crippen MR) is 315 cm³/mol. The summed E-state index contributed by atoms with van der Waals surface area (Å²) in [5, 5.41) is 0. The van der Waals surface area contributed by atoms with E-state index >= 15 is 8.78 Å². The summed E-state index contributed by atoms with van der Waals surface area (Å²) in [6, 6.07) is 54.3. The minimum Gasteiger partial charge on any atom is -0.330 e. The molecule has 0 heterocycles. The molecule has 0 saturated carbocycles. The molecule has 2 unspecified atom stereocenters. The van der Waals surface area contributed by atoms with E-state index in [0.29, 0.717) is 0 Å². The lowest BCUT2D eigenvalue weighted by Crippen LogP contribution is -2.37. The number of hydrogen-bond acceptors (Lipinski definition) is 2. The quantitative estimate of drug-likeness (QED) is 0.135. The molecule has 0 aromatic heterocycles. The van der Waals surface area contributed by atoms with Gasteiger partial charge in [-0.1, -0.05) is 172 Å². The third-order valence-electron chi connectivity index (χ3n) is 15.3. The standard InChI is InChI=1S/C72H60F2N2/c1-43-29-44(2)34-55(33-43)53-13-27-69(65(41-53)57-37-47(5)31-48(6)38-57)75(61-19-15-59(73)16-20-61)67-25-11-51-10-24-64-68(26-12-52-9-23-63(67)71(51)72(52)64)76(62-21-17-60(74)18-22-62)70-28-14-54(56-35-45(3)30-46(4)36-56)42-66(70)58-39-49(7)32-50(8)40-58/h9-42,67,72H,1-8H3. The van der Waals surface area contributed by atoms with Crippen LogP contribution in [0.3, 0.4) is 0 Å². The largest absolute Gasteiger partial charge is 0.330 e. The summed E-state index contributed by atoms with van der Waals surface area (Å²) >= 11 is 0. The Labute approximate surface area is 447 Å². The van der Waals surface area contributed by atoms with E-state index in [9.17, 15) is 0 Å². The molecule has 4 aliphatic carbocycles. The normalized spacial score (nSPS) is 16.2. The number of halogens is 2. The number of benzene rings is 8. The first-order chi connectivity index (χ1) is 36.7. The molecule has 4 aliphatic rings. The molecule has 0 spiro atoms. The highest BCUT2D eigenvalue weighted by molar-refractivity contribution is 5.92. The highest BCUT2D eigenvalue weighted by Crippen LogP contribution is 2.53. The van der Waals surface area contributed by atoms with Crippen LogP contribution in [0.2, 0.25) is 0 Å². The lowest BCUT2D eigenvalue weighted by Gasteiger charge is -2.44. The molecular formula is C72H60F2N2. The van der Waals surface area contributed by atoms with Crippen LogP contribution in [0.15, 0.2) is 240 Å². The summed E-state index contributed by atoms with van der Waals surface area (Å²) in [5.41, 5.74) is 29.4. The van der Waals surface area contributed by atoms with Crippen LogP contribution >= 0.6 is 0 Å². The number of anilines is 4. The maximum Gasteiger partial charge on any atom is 0.123 e. The minimum absolute atomic E-state index is 0.101. The second kappa shape index (κ2) is 19.3. The van der Waals surface area contributed by atoms with Gasteiger partial charge in [-0.15, -0.1) is 0 Å². The average Bonchev–Trinajstić information content (AvgIpc) is 3.42. The Bertz CT molecular complexity index is 3850. The predicted octanol–water partition coefficient (Wildman–Crippen LogP) is 19.2. The van der Waals surface area contributed by atoms with Gasteiger partial charge in [-0.3, -0.25) is 0 Å². The minimum atomic E-state index is -0.286. The molecule has 0 bridgehead atoms. The van der Waals surface area contributed by atoms with Crippen LogP contribution in [0.1, 0.15) is 44.5 Å². The smallest absolute Gasteiger partial charge is 0.123 e. The van der Waals surface area contributed by atoms with Crippen molar-refractivity contribution in [2.75, 3.05) is 9.80 Å². The van der Waals surface area contributed by atoms with Gasteiger partial charge in [-0.05, 0) is 196 Å². The molecule has 0 fully saturated rings. The van der Waals surface area contributed by atoms with Gasteiger partial charge in [0.15, 0.2) is 0 Å². The zero-order chi connectivity index (χ0) is 52.5. The number of allylic oxidation sites excluding steroid dienone is 10. The molecule has 76 heavy (non-hydrogen) atoms. The van der Waals surface area contributed by atoms with Gasteiger partial charge in [0.2, 0.25) is 0 Å². The first-order valence-corrected chi connectivity index (χ1v) is 26.4. The van der Waals surface area contributed by atoms with E-state index in [1.165, 1.54) is 72.4 Å². The van der Waals surface area contributed by atoms with Crippen LogP contribution in [0, 0.1) is 72.9 Å². The topological polar surface area (TPSA) is 6.48 Å². The zero-order valence-corrected chi connectivity index (χ0v) is 44.4. The summed E-state index contributed by atoms with van der Waals surface area (Å²) in [6.07, 6.45) is 18.3. The molecule has 8 aromatic rings. The van der Waals surface area contributed by atoms with Crippen LogP contribution in [-0.2, 0) is 0 Å². The number of aryl methyl sites for hydroxylation is 8. The monoisotopic (exact) mass is 990 g/mol. The number of hydrogen-bond donors (Lipinski definition) is 0. The Balaban J connectivity index is 1.03. The third kappa shape index (κ3) is 9.02. The van der Waals surface area contributed by atoms with Crippen LogP contribution in [0.25, 0.3) is 44.5 Å². The lowest BCUT2D eigenvalue weighted by atomic mass is 9.67. The SMILES string of the molecule is Cc1cc(C)cc(-c2ccc(N(C3=C4C=CC5=C6C(=CC=C(C=C3)C46)C(N(c3ccc(F)cc3)c3ccc(-c4cc(C)cc(C)c4)cc3-c3cc(C)cc(C)c3)C=C5)c3ccc(F)cc3)c(-c3cc(C)cc(C)c3)c2)c1. The molecule has 0 amide bonds. The summed E-state index contributed by atoms with van der Waals surface area (Å²) in [5.74, 6) is -0.668. The second-order valence-electron chi connectivity index (χ2n) is 21.5. The first kappa shape index (κ1) is 48.3. The van der Waals surface area contributed by atoms with Gasteiger partial charge in [0.05, 0.1) is 17.4 Å². The fourth-order valence-corrected chi connectivity index (χ4v) is 12.4. The van der Waals surface area contributed by atoms with E-state index in [4.69, 9.17) is 0 Å². The Morgan fingerprint density at radius 3 is 1.36 bits per heavy atom. The molecule has 4 heteroatoms. The van der Waals surface area contributed by atoms with Crippen molar-refractivity contribution >= 4 is 22.7 Å². The molecule has 8 aromatic carbocycles. The molecule has 2 atom stereocenters. The van der Waals surface area contributed by atoms with Crippen LogP contribution in [0.5, 0.6) is 0 Å². The number of rotatable bonds is 10. The van der Waals surface area contributed by atoms with Gasteiger partial charge in [0.1, 0.15) is 11.6 Å². The molecule has 2 nitrogen and oxygen atoms in total. The molecule has 0 N–H and O–H groups in total. The second-order valence-corrected chi connectivity index (χ2v) is 21.5.